The lowest BCUT2D eigenvalue weighted by Gasteiger charge is -2.18. The van der Waals surface area contributed by atoms with Gasteiger partial charge in [-0.3, -0.25) is 4.79 Å². The van der Waals surface area contributed by atoms with E-state index < -0.39 is 17.7 Å². The monoisotopic (exact) mass is 271 g/mol. The molecule has 0 fully saturated rings. The Morgan fingerprint density at radius 1 is 1.37 bits per heavy atom. The van der Waals surface area contributed by atoms with Crippen LogP contribution in [0.1, 0.15) is 38.3 Å². The van der Waals surface area contributed by atoms with Crippen molar-refractivity contribution in [3.8, 4) is 0 Å². The summed E-state index contributed by atoms with van der Waals surface area (Å²) in [5.74, 6) is -1.26. The van der Waals surface area contributed by atoms with Gasteiger partial charge in [0.25, 0.3) is 0 Å². The number of benzene rings is 1. The highest BCUT2D eigenvalue weighted by molar-refractivity contribution is 5.76. The Hall–Kier alpha value is -1.49. The minimum Gasteiger partial charge on any atom is -0.381 e. The van der Waals surface area contributed by atoms with Gasteiger partial charge in [-0.1, -0.05) is 6.92 Å². The van der Waals surface area contributed by atoms with Crippen molar-refractivity contribution in [3.05, 3.63) is 35.4 Å². The van der Waals surface area contributed by atoms with E-state index in [0.717, 1.165) is 18.2 Å². The molecule has 1 N–H and O–H groups in total. The lowest BCUT2D eigenvalue weighted by Crippen LogP contribution is -2.29. The summed E-state index contributed by atoms with van der Waals surface area (Å²) >= 11 is 0. The molecule has 0 aliphatic carbocycles. The zero-order valence-corrected chi connectivity index (χ0v) is 11.2. The number of nitrogens with one attached hydrogen (secondary N) is 1. The molecule has 0 aliphatic heterocycles. The van der Waals surface area contributed by atoms with Gasteiger partial charge in [0.1, 0.15) is 11.6 Å². The molecule has 0 saturated heterocycles. The van der Waals surface area contributed by atoms with Gasteiger partial charge in [0.15, 0.2) is 0 Å². The Morgan fingerprint density at radius 2 is 2.11 bits per heavy atom. The second-order valence-electron chi connectivity index (χ2n) is 4.14. The average Bonchev–Trinajstić information content (AvgIpc) is 2.39. The highest BCUT2D eigenvalue weighted by atomic mass is 19.1. The third kappa shape index (κ3) is 4.95. The van der Waals surface area contributed by atoms with Crippen LogP contribution >= 0.6 is 0 Å². The first-order valence-electron chi connectivity index (χ1n) is 6.40. The van der Waals surface area contributed by atoms with Crippen LogP contribution in [-0.2, 0) is 9.53 Å². The van der Waals surface area contributed by atoms with Crippen LogP contribution in [0, 0.1) is 11.6 Å². The highest BCUT2D eigenvalue weighted by Gasteiger charge is 2.17. The van der Waals surface area contributed by atoms with Crippen molar-refractivity contribution >= 4 is 5.91 Å². The summed E-state index contributed by atoms with van der Waals surface area (Å²) < 4.78 is 31.8. The van der Waals surface area contributed by atoms with E-state index in [0.29, 0.717) is 19.6 Å². The van der Waals surface area contributed by atoms with E-state index in [1.54, 1.807) is 6.92 Å². The average molecular weight is 271 g/mol. The Balaban J connectivity index is 2.67. The summed E-state index contributed by atoms with van der Waals surface area (Å²) in [7, 11) is 0. The van der Waals surface area contributed by atoms with Gasteiger partial charge in [0, 0.05) is 18.6 Å². The number of amides is 1. The van der Waals surface area contributed by atoms with Crippen LogP contribution in [0.15, 0.2) is 18.2 Å². The number of carbonyl (C=O) groups excluding carboxylic acids is 1. The number of carbonyl (C=O) groups is 1. The maximum absolute atomic E-state index is 13.6. The molecule has 0 spiro atoms. The third-order valence-corrected chi connectivity index (χ3v) is 2.75. The number of hydrogen-bond donors (Lipinski definition) is 1. The van der Waals surface area contributed by atoms with Crippen molar-refractivity contribution < 1.29 is 18.3 Å². The van der Waals surface area contributed by atoms with E-state index in [1.165, 1.54) is 0 Å². The van der Waals surface area contributed by atoms with Crippen molar-refractivity contribution in [2.24, 2.45) is 0 Å². The Kier molecular flexibility index (Phi) is 6.42. The fourth-order valence-corrected chi connectivity index (χ4v) is 1.76. The zero-order valence-electron chi connectivity index (χ0n) is 11.2. The van der Waals surface area contributed by atoms with Gasteiger partial charge in [-0.15, -0.1) is 0 Å². The molecule has 0 saturated carbocycles. The van der Waals surface area contributed by atoms with Crippen molar-refractivity contribution in [1.82, 2.24) is 5.32 Å². The number of halogens is 2. The van der Waals surface area contributed by atoms with Crippen molar-refractivity contribution in [1.29, 1.82) is 0 Å². The smallest absolute Gasteiger partial charge is 0.222 e. The van der Waals surface area contributed by atoms with Crippen LogP contribution in [-0.4, -0.2) is 19.1 Å². The molecule has 0 radical (unpaired) electrons. The summed E-state index contributed by atoms with van der Waals surface area (Å²) in [5.41, 5.74) is 0.173. The molecule has 1 aromatic carbocycles. The minimum atomic E-state index is -0.523. The molecule has 1 aromatic rings. The predicted molar refractivity (Wildman–Crippen MR) is 68.6 cm³/mol. The number of ether oxygens (including phenoxy) is 1. The van der Waals surface area contributed by atoms with E-state index in [9.17, 15) is 13.6 Å². The molecule has 0 heterocycles. The van der Waals surface area contributed by atoms with Crippen LogP contribution < -0.4 is 5.32 Å². The van der Waals surface area contributed by atoms with Crippen LogP contribution in [0.3, 0.4) is 0 Å². The van der Waals surface area contributed by atoms with Gasteiger partial charge in [-0.2, -0.15) is 0 Å². The molecule has 0 aromatic heterocycles. The summed E-state index contributed by atoms with van der Waals surface area (Å²) in [6.07, 6.45) is 0.696. The predicted octanol–water partition coefficient (Wildman–Crippen LogP) is 2.96. The molecule has 106 valence electrons. The molecule has 3 nitrogen and oxygen atoms in total. The maximum atomic E-state index is 13.6. The minimum absolute atomic E-state index is 0.173. The molecule has 1 atom stereocenters. The molecule has 0 aliphatic rings. The van der Waals surface area contributed by atoms with E-state index in [1.807, 2.05) is 6.92 Å². The fourth-order valence-electron chi connectivity index (χ4n) is 1.76. The van der Waals surface area contributed by atoms with Gasteiger partial charge >= 0.3 is 0 Å². The zero-order chi connectivity index (χ0) is 14.3. The largest absolute Gasteiger partial charge is 0.381 e. The SMILES string of the molecule is CCOCCC(=O)N[C@@H](CC)c1cc(F)ccc1F. The van der Waals surface area contributed by atoms with Gasteiger partial charge in [0.05, 0.1) is 12.6 Å². The molecular formula is C14H19F2NO2. The third-order valence-electron chi connectivity index (χ3n) is 2.75. The summed E-state index contributed by atoms with van der Waals surface area (Å²) in [5, 5.41) is 2.68. The van der Waals surface area contributed by atoms with Gasteiger partial charge < -0.3 is 10.1 Å². The Labute approximate surface area is 112 Å². The van der Waals surface area contributed by atoms with Crippen molar-refractivity contribution in [3.63, 3.8) is 0 Å². The molecular weight excluding hydrogens is 252 g/mol. The Morgan fingerprint density at radius 3 is 2.74 bits per heavy atom. The van der Waals surface area contributed by atoms with Gasteiger partial charge in [-0.05, 0) is 31.5 Å². The molecule has 5 heteroatoms. The Bertz CT molecular complexity index is 424. The van der Waals surface area contributed by atoms with Crippen molar-refractivity contribution in [2.45, 2.75) is 32.7 Å². The highest BCUT2D eigenvalue weighted by Crippen LogP contribution is 2.21. The second kappa shape index (κ2) is 7.84. The summed E-state index contributed by atoms with van der Waals surface area (Å²) in [6.45, 7) is 4.51. The van der Waals surface area contributed by atoms with E-state index >= 15 is 0 Å². The summed E-state index contributed by atoms with van der Waals surface area (Å²) in [4.78, 5) is 11.6. The first-order valence-corrected chi connectivity index (χ1v) is 6.40. The van der Waals surface area contributed by atoms with E-state index in [4.69, 9.17) is 4.74 Å². The topological polar surface area (TPSA) is 38.3 Å². The van der Waals surface area contributed by atoms with E-state index in [-0.39, 0.29) is 17.9 Å². The number of rotatable bonds is 7. The van der Waals surface area contributed by atoms with Crippen LogP contribution in [0.2, 0.25) is 0 Å². The first-order chi connectivity index (χ1) is 9.08. The normalized spacial score (nSPS) is 12.2. The first kappa shape index (κ1) is 15.6. The van der Waals surface area contributed by atoms with Gasteiger partial charge in [-0.25, -0.2) is 8.78 Å². The lowest BCUT2D eigenvalue weighted by molar-refractivity contribution is -0.122. The van der Waals surface area contributed by atoms with Crippen LogP contribution in [0.4, 0.5) is 8.78 Å². The lowest BCUT2D eigenvalue weighted by atomic mass is 10.0. The fraction of sp³-hybridized carbons (Fsp3) is 0.500. The van der Waals surface area contributed by atoms with Crippen LogP contribution in [0.5, 0.6) is 0 Å². The molecule has 0 unspecified atom stereocenters. The van der Waals surface area contributed by atoms with Gasteiger partial charge in [0.2, 0.25) is 5.91 Å². The summed E-state index contributed by atoms with van der Waals surface area (Å²) in [6, 6.07) is 2.72. The molecule has 19 heavy (non-hydrogen) atoms. The quantitative estimate of drug-likeness (QED) is 0.774. The second-order valence-corrected chi connectivity index (χ2v) is 4.14. The number of hydrogen-bond acceptors (Lipinski definition) is 2. The van der Waals surface area contributed by atoms with Crippen molar-refractivity contribution in [2.75, 3.05) is 13.2 Å². The molecule has 1 rings (SSSR count). The maximum Gasteiger partial charge on any atom is 0.222 e. The standard InChI is InChI=1S/C14H19F2NO2/c1-3-13(17-14(18)7-8-19-4-2)11-9-10(15)5-6-12(11)16/h5-6,9,13H,3-4,7-8H2,1-2H3,(H,17,18)/t13-/m0/s1. The molecule has 1 amide bonds. The van der Waals surface area contributed by atoms with E-state index in [2.05, 4.69) is 5.32 Å². The molecule has 0 bridgehead atoms. The van der Waals surface area contributed by atoms with Crippen LogP contribution in [0.25, 0.3) is 0 Å².